The van der Waals surface area contributed by atoms with Gasteiger partial charge in [0.05, 0.1) is 11.2 Å². The van der Waals surface area contributed by atoms with Gasteiger partial charge < -0.3 is 9.31 Å². The molecule has 0 N–H and O–H groups in total. The first-order valence-corrected chi connectivity index (χ1v) is 6.92. The quantitative estimate of drug-likeness (QED) is 0.563. The van der Waals surface area contributed by atoms with Crippen LogP contribution in [0.1, 0.15) is 55.4 Å². The van der Waals surface area contributed by atoms with Crippen LogP contribution in [0.4, 0.5) is 0 Å². The molecule has 19 heavy (non-hydrogen) atoms. The number of aliphatic imine (C=N–C) groups is 1. The second kappa shape index (κ2) is 5.06. The zero-order chi connectivity index (χ0) is 15.1. The van der Waals surface area contributed by atoms with Crippen LogP contribution in [0.3, 0.4) is 0 Å². The number of hydrogen-bond donors (Lipinski definition) is 0. The van der Waals surface area contributed by atoms with Crippen molar-refractivity contribution in [2.24, 2.45) is 10.4 Å². The number of allylic oxidation sites excluding steroid dienone is 2. The summed E-state index contributed by atoms with van der Waals surface area (Å²) in [5, 5.41) is 0. The third-order valence-corrected chi connectivity index (χ3v) is 4.00. The van der Waals surface area contributed by atoms with Gasteiger partial charge in [-0.2, -0.15) is 0 Å². The van der Waals surface area contributed by atoms with Crippen LogP contribution in [-0.4, -0.2) is 31.1 Å². The summed E-state index contributed by atoms with van der Waals surface area (Å²) in [4.78, 5) is 4.37. The first kappa shape index (κ1) is 16.4. The van der Waals surface area contributed by atoms with Crippen LogP contribution >= 0.6 is 0 Å². The van der Waals surface area contributed by atoms with E-state index in [1.807, 2.05) is 14.0 Å². The molecule has 1 fully saturated rings. The molecule has 0 unspecified atom stereocenters. The van der Waals surface area contributed by atoms with Gasteiger partial charge in [-0.1, -0.05) is 20.8 Å². The molecule has 0 amide bonds. The molecule has 0 radical (unpaired) electrons. The molecule has 1 aliphatic heterocycles. The van der Waals surface area contributed by atoms with Crippen molar-refractivity contribution in [1.82, 2.24) is 0 Å². The Morgan fingerprint density at radius 2 is 1.47 bits per heavy atom. The lowest BCUT2D eigenvalue weighted by atomic mass is 9.76. The van der Waals surface area contributed by atoms with Gasteiger partial charge >= 0.3 is 7.12 Å². The van der Waals surface area contributed by atoms with Gasteiger partial charge in [0.1, 0.15) is 0 Å². The Morgan fingerprint density at radius 1 is 1.05 bits per heavy atom. The summed E-state index contributed by atoms with van der Waals surface area (Å²) in [5.74, 6) is 0. The maximum Gasteiger partial charge on any atom is 0.490 e. The van der Waals surface area contributed by atoms with E-state index in [2.05, 4.69) is 59.5 Å². The molecular weight excluding hydrogens is 237 g/mol. The molecule has 1 aliphatic rings. The fourth-order valence-corrected chi connectivity index (χ4v) is 1.93. The third kappa shape index (κ3) is 3.48. The highest BCUT2D eigenvalue weighted by Gasteiger charge is 2.51. The Balaban J connectivity index is 2.95. The van der Waals surface area contributed by atoms with Gasteiger partial charge in [-0.05, 0) is 46.2 Å². The minimum Gasteiger partial charge on any atom is -0.400 e. The van der Waals surface area contributed by atoms with Gasteiger partial charge in [0, 0.05) is 18.2 Å². The topological polar surface area (TPSA) is 30.8 Å². The molecule has 4 heteroatoms. The van der Waals surface area contributed by atoms with Crippen molar-refractivity contribution in [3.05, 3.63) is 11.5 Å². The van der Waals surface area contributed by atoms with Gasteiger partial charge in [0.15, 0.2) is 0 Å². The highest BCUT2D eigenvalue weighted by atomic mass is 16.7. The van der Waals surface area contributed by atoms with Crippen LogP contribution in [0.15, 0.2) is 16.5 Å². The SMILES string of the molecule is C/N=C(\C=C(/C)B1OC(C)(C)C(C)(C)O1)C(C)(C)C. The van der Waals surface area contributed by atoms with E-state index in [0.717, 1.165) is 11.2 Å². The average molecular weight is 265 g/mol. The van der Waals surface area contributed by atoms with Crippen LogP contribution in [0.5, 0.6) is 0 Å². The minimum atomic E-state index is -0.294. The van der Waals surface area contributed by atoms with Crippen molar-refractivity contribution < 1.29 is 9.31 Å². The van der Waals surface area contributed by atoms with Crippen molar-refractivity contribution in [2.75, 3.05) is 7.05 Å². The highest BCUT2D eigenvalue weighted by molar-refractivity contribution is 6.55. The third-order valence-electron chi connectivity index (χ3n) is 4.00. The van der Waals surface area contributed by atoms with E-state index < -0.39 is 0 Å². The molecule has 0 atom stereocenters. The summed E-state index contributed by atoms with van der Waals surface area (Å²) in [6, 6.07) is 0. The number of nitrogens with zero attached hydrogens (tertiary/aromatic N) is 1. The van der Waals surface area contributed by atoms with Gasteiger partial charge in [-0.3, -0.25) is 4.99 Å². The average Bonchev–Trinajstić information content (AvgIpc) is 2.42. The van der Waals surface area contributed by atoms with Crippen molar-refractivity contribution in [3.8, 4) is 0 Å². The van der Waals surface area contributed by atoms with Crippen molar-refractivity contribution in [2.45, 2.75) is 66.6 Å². The zero-order valence-electron chi connectivity index (χ0n) is 13.9. The van der Waals surface area contributed by atoms with E-state index in [4.69, 9.17) is 9.31 Å². The molecule has 0 saturated carbocycles. The highest BCUT2D eigenvalue weighted by Crippen LogP contribution is 2.38. The molecule has 0 aromatic carbocycles. The van der Waals surface area contributed by atoms with Crippen LogP contribution < -0.4 is 0 Å². The lowest BCUT2D eigenvalue weighted by Gasteiger charge is -2.32. The molecule has 1 rings (SSSR count). The fourth-order valence-electron chi connectivity index (χ4n) is 1.93. The van der Waals surface area contributed by atoms with E-state index >= 15 is 0 Å². The molecule has 0 aliphatic carbocycles. The van der Waals surface area contributed by atoms with Crippen molar-refractivity contribution in [3.63, 3.8) is 0 Å². The Bertz CT molecular complexity index is 387. The van der Waals surface area contributed by atoms with E-state index in [0.29, 0.717) is 0 Å². The normalized spacial score (nSPS) is 23.9. The molecule has 0 spiro atoms. The fraction of sp³-hybridized carbons (Fsp3) is 0.800. The van der Waals surface area contributed by atoms with Crippen molar-refractivity contribution in [1.29, 1.82) is 0 Å². The summed E-state index contributed by atoms with van der Waals surface area (Å²) >= 11 is 0. The summed E-state index contributed by atoms with van der Waals surface area (Å²) in [7, 11) is 1.54. The zero-order valence-corrected chi connectivity index (χ0v) is 13.9. The van der Waals surface area contributed by atoms with Crippen LogP contribution in [0.25, 0.3) is 0 Å². The van der Waals surface area contributed by atoms with Gasteiger partial charge in [0.25, 0.3) is 0 Å². The summed E-state index contributed by atoms with van der Waals surface area (Å²) in [5.41, 5.74) is 1.56. The minimum absolute atomic E-state index is 0.0274. The molecule has 0 aromatic rings. The summed E-state index contributed by atoms with van der Waals surface area (Å²) in [6.07, 6.45) is 2.09. The Hall–Kier alpha value is -0.605. The maximum atomic E-state index is 6.04. The second-order valence-electron chi connectivity index (χ2n) is 7.34. The predicted octanol–water partition coefficient (Wildman–Crippen LogP) is 3.68. The Labute approximate surface area is 118 Å². The molecule has 0 bridgehead atoms. The maximum absolute atomic E-state index is 6.04. The molecule has 0 aromatic heterocycles. The van der Waals surface area contributed by atoms with E-state index in [-0.39, 0.29) is 23.7 Å². The lowest BCUT2D eigenvalue weighted by Crippen LogP contribution is -2.41. The summed E-state index contributed by atoms with van der Waals surface area (Å²) in [6.45, 7) is 16.8. The first-order valence-electron chi connectivity index (χ1n) is 6.92. The number of rotatable bonds is 2. The van der Waals surface area contributed by atoms with Crippen LogP contribution in [0, 0.1) is 5.41 Å². The Kier molecular flexibility index (Phi) is 4.38. The standard InChI is InChI=1S/C15H28BNO2/c1-11(10-12(17-9)13(2,3)4)16-18-14(5,6)15(7,8)19-16/h10H,1-9H3/b11-10+,17-12+. The molecule has 1 saturated heterocycles. The number of hydrogen-bond acceptors (Lipinski definition) is 3. The molecule has 108 valence electrons. The van der Waals surface area contributed by atoms with Gasteiger partial charge in [-0.15, -0.1) is 0 Å². The summed E-state index contributed by atoms with van der Waals surface area (Å²) < 4.78 is 12.1. The van der Waals surface area contributed by atoms with E-state index in [9.17, 15) is 0 Å². The molecule has 3 nitrogen and oxygen atoms in total. The van der Waals surface area contributed by atoms with Crippen LogP contribution in [-0.2, 0) is 9.31 Å². The predicted molar refractivity (Wildman–Crippen MR) is 82.7 cm³/mol. The molecule has 1 heterocycles. The van der Waals surface area contributed by atoms with E-state index in [1.54, 1.807) is 0 Å². The second-order valence-corrected chi connectivity index (χ2v) is 7.34. The largest absolute Gasteiger partial charge is 0.490 e. The van der Waals surface area contributed by atoms with Gasteiger partial charge in [0.2, 0.25) is 0 Å². The lowest BCUT2D eigenvalue weighted by molar-refractivity contribution is 0.00578. The Morgan fingerprint density at radius 3 is 1.79 bits per heavy atom. The smallest absolute Gasteiger partial charge is 0.400 e. The monoisotopic (exact) mass is 265 g/mol. The van der Waals surface area contributed by atoms with E-state index in [1.165, 1.54) is 0 Å². The van der Waals surface area contributed by atoms with Gasteiger partial charge in [-0.25, -0.2) is 0 Å². The van der Waals surface area contributed by atoms with Crippen LogP contribution in [0.2, 0.25) is 0 Å². The molecular formula is C15H28BNO2. The van der Waals surface area contributed by atoms with Crippen molar-refractivity contribution >= 4 is 12.8 Å². The first-order chi connectivity index (χ1) is 8.40.